The normalized spacial score (nSPS) is 10.8. The van der Waals surface area contributed by atoms with Crippen molar-refractivity contribution >= 4 is 0 Å². The minimum Gasteiger partial charge on any atom is -0.462 e. The number of furan rings is 1. The fourth-order valence-electron chi connectivity index (χ4n) is 1.95. The van der Waals surface area contributed by atoms with Crippen LogP contribution in [0.3, 0.4) is 0 Å². The molecule has 2 aromatic rings. The molecule has 2 rings (SSSR count). The molecule has 0 aliphatic rings. The van der Waals surface area contributed by atoms with E-state index < -0.39 is 0 Å². The summed E-state index contributed by atoms with van der Waals surface area (Å²) < 4.78 is 10.6. The van der Waals surface area contributed by atoms with Crippen molar-refractivity contribution in [3.05, 3.63) is 59.0 Å². The highest BCUT2D eigenvalue weighted by atomic mass is 16.5. The van der Waals surface area contributed by atoms with Crippen LogP contribution in [0.4, 0.5) is 0 Å². The van der Waals surface area contributed by atoms with Gasteiger partial charge in [0.2, 0.25) is 0 Å². The second-order valence-electron chi connectivity index (χ2n) is 4.33. The van der Waals surface area contributed by atoms with Gasteiger partial charge in [-0.25, -0.2) is 0 Å². The fraction of sp³-hybridized carbons (Fsp3) is 0.333. The van der Waals surface area contributed by atoms with E-state index in [-0.39, 0.29) is 6.61 Å². The highest BCUT2D eigenvalue weighted by Crippen LogP contribution is 2.11. The summed E-state index contributed by atoms with van der Waals surface area (Å²) in [5, 5.41) is 12.2. The van der Waals surface area contributed by atoms with Gasteiger partial charge in [-0.15, -0.1) is 0 Å². The Morgan fingerprint density at radius 2 is 1.79 bits per heavy atom. The minimum atomic E-state index is -0.0589. The highest BCUT2D eigenvalue weighted by Gasteiger charge is 2.03. The van der Waals surface area contributed by atoms with E-state index >= 15 is 0 Å². The van der Waals surface area contributed by atoms with Crippen molar-refractivity contribution in [1.82, 2.24) is 5.32 Å². The Morgan fingerprint density at radius 3 is 2.47 bits per heavy atom. The molecule has 0 aliphatic heterocycles. The smallest absolute Gasteiger partial charge is 0.129 e. The maximum atomic E-state index is 8.92. The molecule has 0 radical (unpaired) electrons. The average Bonchev–Trinajstić information content (AvgIpc) is 2.89. The molecular formula is C15H19NO3. The van der Waals surface area contributed by atoms with Gasteiger partial charge >= 0.3 is 0 Å². The number of benzene rings is 1. The van der Waals surface area contributed by atoms with Crippen molar-refractivity contribution in [3.63, 3.8) is 0 Å². The predicted molar refractivity (Wildman–Crippen MR) is 72.3 cm³/mol. The van der Waals surface area contributed by atoms with Crippen molar-refractivity contribution in [1.29, 1.82) is 0 Å². The fourth-order valence-corrected chi connectivity index (χ4v) is 1.95. The minimum absolute atomic E-state index is 0.0589. The van der Waals surface area contributed by atoms with Gasteiger partial charge in [0.15, 0.2) is 0 Å². The van der Waals surface area contributed by atoms with Crippen molar-refractivity contribution in [2.24, 2.45) is 0 Å². The zero-order chi connectivity index (χ0) is 13.5. The lowest BCUT2D eigenvalue weighted by Gasteiger charge is -2.09. The zero-order valence-electron chi connectivity index (χ0n) is 11.1. The van der Waals surface area contributed by atoms with Crippen molar-refractivity contribution in [3.8, 4) is 0 Å². The van der Waals surface area contributed by atoms with Gasteiger partial charge in [-0.2, -0.15) is 0 Å². The van der Waals surface area contributed by atoms with Crippen LogP contribution in [0.25, 0.3) is 0 Å². The predicted octanol–water partition coefficient (Wildman–Crippen LogP) is 2.21. The molecule has 1 heterocycles. The first-order chi connectivity index (χ1) is 9.33. The molecule has 0 amide bonds. The first kappa shape index (κ1) is 13.8. The van der Waals surface area contributed by atoms with Gasteiger partial charge in [0.1, 0.15) is 18.1 Å². The Bertz CT molecular complexity index is 508. The van der Waals surface area contributed by atoms with Gasteiger partial charge in [0, 0.05) is 13.7 Å². The maximum absolute atomic E-state index is 8.92. The number of aliphatic hydroxyl groups excluding tert-OH is 1. The molecule has 4 nitrogen and oxygen atoms in total. The lowest BCUT2D eigenvalue weighted by Crippen LogP contribution is -2.13. The Balaban J connectivity index is 1.88. The maximum Gasteiger partial charge on any atom is 0.129 e. The van der Waals surface area contributed by atoms with Crippen LogP contribution < -0.4 is 5.32 Å². The number of hydrogen-bond donors (Lipinski definition) is 2. The van der Waals surface area contributed by atoms with Crippen LogP contribution in [0.2, 0.25) is 0 Å². The largest absolute Gasteiger partial charge is 0.462 e. The third-order valence-corrected chi connectivity index (χ3v) is 2.91. The molecule has 19 heavy (non-hydrogen) atoms. The average molecular weight is 261 g/mol. The first-order valence-corrected chi connectivity index (χ1v) is 6.28. The molecule has 1 aromatic carbocycles. The Morgan fingerprint density at radius 1 is 1.05 bits per heavy atom. The van der Waals surface area contributed by atoms with Gasteiger partial charge in [-0.1, -0.05) is 24.3 Å². The molecular weight excluding hydrogens is 242 g/mol. The number of aliphatic hydroxyl groups is 1. The second-order valence-corrected chi connectivity index (χ2v) is 4.33. The monoisotopic (exact) mass is 261 g/mol. The van der Waals surface area contributed by atoms with Crippen LogP contribution in [-0.4, -0.2) is 12.2 Å². The molecule has 0 bridgehead atoms. The summed E-state index contributed by atoms with van der Waals surface area (Å²) in [6, 6.07) is 11.8. The van der Waals surface area contributed by atoms with Gasteiger partial charge in [0.05, 0.1) is 13.2 Å². The van der Waals surface area contributed by atoms with E-state index in [9.17, 15) is 0 Å². The molecule has 0 aliphatic carbocycles. The van der Waals surface area contributed by atoms with Crippen LogP contribution in [0.5, 0.6) is 0 Å². The van der Waals surface area contributed by atoms with E-state index in [4.69, 9.17) is 14.3 Å². The lowest BCUT2D eigenvalue weighted by molar-refractivity contribution is 0.184. The molecule has 102 valence electrons. The standard InChI is InChI=1S/C15H19NO3/c1-18-11-13-5-3-2-4-12(13)8-16-9-14-6-7-15(10-17)19-14/h2-7,16-17H,8-11H2,1H3. The molecule has 0 fully saturated rings. The van der Waals surface area contributed by atoms with Crippen molar-refractivity contribution < 1.29 is 14.3 Å². The van der Waals surface area contributed by atoms with E-state index in [2.05, 4.69) is 17.4 Å². The Kier molecular flexibility index (Phi) is 5.15. The molecule has 1 aromatic heterocycles. The van der Waals surface area contributed by atoms with Crippen LogP contribution >= 0.6 is 0 Å². The summed E-state index contributed by atoms with van der Waals surface area (Å²) in [6.07, 6.45) is 0. The molecule has 0 atom stereocenters. The topological polar surface area (TPSA) is 54.6 Å². The summed E-state index contributed by atoms with van der Waals surface area (Å²) in [5.74, 6) is 1.42. The van der Waals surface area contributed by atoms with Crippen LogP contribution in [0.15, 0.2) is 40.8 Å². The van der Waals surface area contributed by atoms with Crippen LogP contribution in [0.1, 0.15) is 22.6 Å². The number of nitrogens with one attached hydrogen (secondary N) is 1. The first-order valence-electron chi connectivity index (χ1n) is 6.28. The summed E-state index contributed by atoms with van der Waals surface area (Å²) >= 11 is 0. The molecule has 4 heteroatoms. The summed E-state index contributed by atoms with van der Waals surface area (Å²) in [6.45, 7) is 1.96. The molecule has 0 saturated heterocycles. The number of methoxy groups -OCH3 is 1. The van der Waals surface area contributed by atoms with Gasteiger partial charge in [-0.3, -0.25) is 0 Å². The van der Waals surface area contributed by atoms with Gasteiger partial charge in [-0.05, 0) is 23.3 Å². The van der Waals surface area contributed by atoms with E-state index in [1.165, 1.54) is 11.1 Å². The lowest BCUT2D eigenvalue weighted by atomic mass is 10.1. The van der Waals surface area contributed by atoms with Crippen molar-refractivity contribution in [2.45, 2.75) is 26.3 Å². The number of rotatable bonds is 7. The van der Waals surface area contributed by atoms with E-state index in [0.717, 1.165) is 12.3 Å². The summed E-state index contributed by atoms with van der Waals surface area (Å²) in [4.78, 5) is 0. The Labute approximate surface area is 113 Å². The third-order valence-electron chi connectivity index (χ3n) is 2.91. The van der Waals surface area contributed by atoms with Crippen LogP contribution in [-0.2, 0) is 31.0 Å². The van der Waals surface area contributed by atoms with Crippen LogP contribution in [0, 0.1) is 0 Å². The molecule has 0 saturated carbocycles. The summed E-state index contributed by atoms with van der Waals surface area (Å²) in [7, 11) is 1.70. The third kappa shape index (κ3) is 3.92. The zero-order valence-corrected chi connectivity index (χ0v) is 11.1. The quantitative estimate of drug-likeness (QED) is 0.802. The van der Waals surface area contributed by atoms with E-state index in [1.54, 1.807) is 13.2 Å². The number of ether oxygens (including phenoxy) is 1. The van der Waals surface area contributed by atoms with Gasteiger partial charge < -0.3 is 19.6 Å². The molecule has 0 spiro atoms. The Hall–Kier alpha value is -1.62. The SMILES string of the molecule is COCc1ccccc1CNCc1ccc(CO)o1. The van der Waals surface area contributed by atoms with Crippen molar-refractivity contribution in [2.75, 3.05) is 7.11 Å². The van der Waals surface area contributed by atoms with E-state index in [0.29, 0.717) is 18.9 Å². The molecule has 0 unspecified atom stereocenters. The number of hydrogen-bond acceptors (Lipinski definition) is 4. The second kappa shape index (κ2) is 7.09. The highest BCUT2D eigenvalue weighted by molar-refractivity contribution is 5.26. The molecule has 2 N–H and O–H groups in total. The summed E-state index contributed by atoms with van der Waals surface area (Å²) in [5.41, 5.74) is 2.41. The van der Waals surface area contributed by atoms with Gasteiger partial charge in [0.25, 0.3) is 0 Å². The van der Waals surface area contributed by atoms with E-state index in [1.807, 2.05) is 18.2 Å².